The Kier molecular flexibility index (Phi) is 5.11. The maximum Gasteiger partial charge on any atom is 0.269 e. The summed E-state index contributed by atoms with van der Waals surface area (Å²) in [6.07, 6.45) is 1.29. The fourth-order valence-corrected chi connectivity index (χ4v) is 1.46. The van der Waals surface area contributed by atoms with E-state index < -0.39 is 4.92 Å². The van der Waals surface area contributed by atoms with E-state index in [9.17, 15) is 10.1 Å². The fraction of sp³-hybridized carbons (Fsp3) is 0.417. The second-order valence-electron chi connectivity index (χ2n) is 3.89. The van der Waals surface area contributed by atoms with Crippen molar-refractivity contribution in [2.24, 2.45) is 0 Å². The van der Waals surface area contributed by atoms with Gasteiger partial charge in [0.05, 0.1) is 17.4 Å². The normalized spacial score (nSPS) is 11.8. The van der Waals surface area contributed by atoms with Crippen molar-refractivity contribution in [3.63, 3.8) is 0 Å². The standard InChI is InChI=1S/C12H15N3O2/c1-10(6-8-13)14-9-7-11-2-4-12(5-3-11)15(16)17/h2-5,10,14H,6-7,9H2,1H3. The lowest BCUT2D eigenvalue weighted by Crippen LogP contribution is -2.27. The van der Waals surface area contributed by atoms with E-state index >= 15 is 0 Å². The minimum atomic E-state index is -0.406. The second-order valence-corrected chi connectivity index (χ2v) is 3.89. The predicted octanol–water partition coefficient (Wildman–Crippen LogP) is 2.03. The molecular weight excluding hydrogens is 218 g/mol. The topological polar surface area (TPSA) is 79.0 Å². The van der Waals surface area contributed by atoms with E-state index in [1.807, 2.05) is 6.92 Å². The first kappa shape index (κ1) is 13.1. The Morgan fingerprint density at radius 1 is 1.47 bits per heavy atom. The molecular formula is C12H15N3O2. The summed E-state index contributed by atoms with van der Waals surface area (Å²) in [7, 11) is 0. The highest BCUT2D eigenvalue weighted by molar-refractivity contribution is 5.32. The van der Waals surface area contributed by atoms with Gasteiger partial charge in [-0.2, -0.15) is 5.26 Å². The summed E-state index contributed by atoms with van der Waals surface area (Å²) in [5.41, 5.74) is 1.16. The van der Waals surface area contributed by atoms with Crippen LogP contribution in [0.5, 0.6) is 0 Å². The van der Waals surface area contributed by atoms with Gasteiger partial charge in [-0.1, -0.05) is 12.1 Å². The van der Waals surface area contributed by atoms with Gasteiger partial charge >= 0.3 is 0 Å². The Morgan fingerprint density at radius 3 is 2.65 bits per heavy atom. The molecule has 1 rings (SSSR count). The molecule has 1 N–H and O–H groups in total. The molecule has 0 fully saturated rings. The molecule has 0 radical (unpaired) electrons. The van der Waals surface area contributed by atoms with Crippen LogP contribution in [0.25, 0.3) is 0 Å². The van der Waals surface area contributed by atoms with Gasteiger partial charge in [0.2, 0.25) is 0 Å². The summed E-state index contributed by atoms with van der Waals surface area (Å²) in [5.74, 6) is 0. The van der Waals surface area contributed by atoms with Gasteiger partial charge in [-0.25, -0.2) is 0 Å². The van der Waals surface area contributed by atoms with Gasteiger partial charge in [-0.15, -0.1) is 0 Å². The zero-order valence-corrected chi connectivity index (χ0v) is 9.72. The largest absolute Gasteiger partial charge is 0.313 e. The van der Waals surface area contributed by atoms with Crippen molar-refractivity contribution in [2.45, 2.75) is 25.8 Å². The Balaban J connectivity index is 2.38. The number of nitrogens with zero attached hydrogens (tertiary/aromatic N) is 2. The third-order valence-corrected chi connectivity index (χ3v) is 2.45. The number of rotatable bonds is 6. The molecule has 0 aromatic heterocycles. The Morgan fingerprint density at radius 2 is 2.12 bits per heavy atom. The maximum atomic E-state index is 10.5. The summed E-state index contributed by atoms with van der Waals surface area (Å²) in [5, 5.41) is 22.1. The summed E-state index contributed by atoms with van der Waals surface area (Å²) in [4.78, 5) is 10.0. The molecule has 5 heteroatoms. The molecule has 1 unspecified atom stereocenters. The number of hydrogen-bond donors (Lipinski definition) is 1. The third-order valence-electron chi connectivity index (χ3n) is 2.45. The fourth-order valence-electron chi connectivity index (χ4n) is 1.46. The average Bonchev–Trinajstić information content (AvgIpc) is 2.30. The molecule has 0 saturated heterocycles. The van der Waals surface area contributed by atoms with E-state index in [1.54, 1.807) is 12.1 Å². The van der Waals surface area contributed by atoms with E-state index in [-0.39, 0.29) is 11.7 Å². The number of hydrogen-bond acceptors (Lipinski definition) is 4. The molecule has 0 heterocycles. The van der Waals surface area contributed by atoms with Crippen molar-refractivity contribution in [2.75, 3.05) is 6.54 Å². The van der Waals surface area contributed by atoms with Crippen LogP contribution in [-0.4, -0.2) is 17.5 Å². The first-order valence-electron chi connectivity index (χ1n) is 5.47. The highest BCUT2D eigenvalue weighted by Gasteiger charge is 2.04. The van der Waals surface area contributed by atoms with E-state index in [1.165, 1.54) is 12.1 Å². The van der Waals surface area contributed by atoms with E-state index in [2.05, 4.69) is 11.4 Å². The number of non-ortho nitro benzene ring substituents is 1. The van der Waals surface area contributed by atoms with Crippen LogP contribution >= 0.6 is 0 Å². The number of nitro groups is 1. The first-order valence-corrected chi connectivity index (χ1v) is 5.47. The van der Waals surface area contributed by atoms with Crippen LogP contribution in [0.15, 0.2) is 24.3 Å². The average molecular weight is 233 g/mol. The van der Waals surface area contributed by atoms with Crippen molar-refractivity contribution in [3.05, 3.63) is 39.9 Å². The molecule has 5 nitrogen and oxygen atoms in total. The van der Waals surface area contributed by atoms with Crippen LogP contribution in [0, 0.1) is 21.4 Å². The number of nitro benzene ring substituents is 1. The smallest absolute Gasteiger partial charge is 0.269 e. The van der Waals surface area contributed by atoms with Gasteiger partial charge in [0.1, 0.15) is 0 Å². The van der Waals surface area contributed by atoms with Gasteiger partial charge in [-0.3, -0.25) is 10.1 Å². The summed E-state index contributed by atoms with van der Waals surface area (Å²) >= 11 is 0. The molecule has 90 valence electrons. The number of nitrogens with one attached hydrogen (secondary N) is 1. The SMILES string of the molecule is CC(CC#N)NCCc1ccc([N+](=O)[O-])cc1. The Labute approximate surface area is 100 Å². The number of benzene rings is 1. The van der Waals surface area contributed by atoms with Gasteiger partial charge < -0.3 is 5.32 Å². The lowest BCUT2D eigenvalue weighted by molar-refractivity contribution is -0.384. The van der Waals surface area contributed by atoms with Crippen molar-refractivity contribution < 1.29 is 4.92 Å². The molecule has 0 saturated carbocycles. The maximum absolute atomic E-state index is 10.5. The lowest BCUT2D eigenvalue weighted by atomic mass is 10.1. The third kappa shape index (κ3) is 4.62. The van der Waals surface area contributed by atoms with Crippen LogP contribution in [0.2, 0.25) is 0 Å². The minimum Gasteiger partial charge on any atom is -0.313 e. The van der Waals surface area contributed by atoms with Crippen LogP contribution in [0.1, 0.15) is 18.9 Å². The van der Waals surface area contributed by atoms with E-state index in [4.69, 9.17) is 5.26 Å². The monoisotopic (exact) mass is 233 g/mol. The summed E-state index contributed by atoms with van der Waals surface area (Å²) in [6, 6.07) is 8.81. The first-order chi connectivity index (χ1) is 8.13. The molecule has 1 atom stereocenters. The minimum absolute atomic E-state index is 0.111. The van der Waals surface area contributed by atoms with Crippen LogP contribution in [0.3, 0.4) is 0 Å². The van der Waals surface area contributed by atoms with Crippen molar-refractivity contribution in [1.82, 2.24) is 5.32 Å². The van der Waals surface area contributed by atoms with Crippen molar-refractivity contribution in [3.8, 4) is 6.07 Å². The Bertz CT molecular complexity index is 409. The van der Waals surface area contributed by atoms with Crippen LogP contribution in [0.4, 0.5) is 5.69 Å². The highest BCUT2D eigenvalue weighted by atomic mass is 16.6. The zero-order chi connectivity index (χ0) is 12.7. The summed E-state index contributed by atoms with van der Waals surface area (Å²) < 4.78 is 0. The summed E-state index contributed by atoms with van der Waals surface area (Å²) in [6.45, 7) is 2.72. The lowest BCUT2D eigenvalue weighted by Gasteiger charge is -2.09. The van der Waals surface area contributed by atoms with Crippen LogP contribution in [-0.2, 0) is 6.42 Å². The van der Waals surface area contributed by atoms with Crippen LogP contribution < -0.4 is 5.32 Å². The molecule has 17 heavy (non-hydrogen) atoms. The molecule has 0 bridgehead atoms. The number of nitriles is 1. The molecule has 0 amide bonds. The van der Waals surface area contributed by atoms with Crippen molar-refractivity contribution in [1.29, 1.82) is 5.26 Å². The van der Waals surface area contributed by atoms with Crippen molar-refractivity contribution >= 4 is 5.69 Å². The molecule has 0 aliphatic heterocycles. The van der Waals surface area contributed by atoms with Gasteiger partial charge in [-0.05, 0) is 25.5 Å². The predicted molar refractivity (Wildman–Crippen MR) is 64.5 cm³/mol. The van der Waals surface area contributed by atoms with E-state index in [0.29, 0.717) is 6.42 Å². The molecule has 1 aromatic rings. The Hall–Kier alpha value is -1.93. The molecule has 1 aromatic carbocycles. The molecule has 0 aliphatic carbocycles. The quantitative estimate of drug-likeness (QED) is 0.602. The molecule has 0 aliphatic rings. The van der Waals surface area contributed by atoms with Gasteiger partial charge in [0.25, 0.3) is 5.69 Å². The van der Waals surface area contributed by atoms with E-state index in [0.717, 1.165) is 18.5 Å². The zero-order valence-electron chi connectivity index (χ0n) is 9.72. The van der Waals surface area contributed by atoms with Gasteiger partial charge in [0, 0.05) is 18.2 Å². The highest BCUT2D eigenvalue weighted by Crippen LogP contribution is 2.11. The molecule has 0 spiro atoms. The van der Waals surface area contributed by atoms with Gasteiger partial charge in [0.15, 0.2) is 0 Å². The second kappa shape index (κ2) is 6.61.